The molecular weight excluding hydrogens is 284 g/mol. The Bertz CT molecular complexity index is 622. The smallest absolute Gasteiger partial charge is 0.127 e. The van der Waals surface area contributed by atoms with Crippen LogP contribution in [0.4, 0.5) is 0 Å². The summed E-state index contributed by atoms with van der Waals surface area (Å²) in [5.74, 6) is 2.47. The molecule has 3 heteroatoms. The van der Waals surface area contributed by atoms with Crippen LogP contribution >= 0.6 is 0 Å². The van der Waals surface area contributed by atoms with E-state index in [9.17, 15) is 0 Å². The lowest BCUT2D eigenvalue weighted by atomic mass is 9.89. The van der Waals surface area contributed by atoms with Gasteiger partial charge in [-0.2, -0.15) is 0 Å². The van der Waals surface area contributed by atoms with Crippen molar-refractivity contribution in [2.45, 2.75) is 24.8 Å². The van der Waals surface area contributed by atoms with E-state index >= 15 is 0 Å². The summed E-state index contributed by atoms with van der Waals surface area (Å²) in [6.45, 7) is 4.79. The third-order valence-corrected chi connectivity index (χ3v) is 5.06. The summed E-state index contributed by atoms with van der Waals surface area (Å²) in [4.78, 5) is 2.67. The second kappa shape index (κ2) is 6.73. The first-order valence-corrected chi connectivity index (χ1v) is 8.66. The van der Waals surface area contributed by atoms with E-state index in [0.717, 1.165) is 30.6 Å². The van der Waals surface area contributed by atoms with Crippen molar-refractivity contribution in [2.75, 3.05) is 26.2 Å². The maximum Gasteiger partial charge on any atom is 0.127 e. The summed E-state index contributed by atoms with van der Waals surface area (Å²) in [6.07, 6.45) is 2.61. The lowest BCUT2D eigenvalue weighted by Gasteiger charge is -2.43. The topological polar surface area (TPSA) is 24.5 Å². The standard InChI is InChI=1S/C20H24N2O/c1-2-6-19(7-3-1)23-20-10-8-16(9-11-20)17-5-4-12-22(15-17)18-13-21-14-18/h1-3,6-11,17-18,21H,4-5,12-15H2/t17-/m0/s1. The first-order chi connectivity index (χ1) is 11.4. The Morgan fingerprint density at radius 1 is 0.913 bits per heavy atom. The van der Waals surface area contributed by atoms with Gasteiger partial charge in [0.25, 0.3) is 0 Å². The van der Waals surface area contributed by atoms with E-state index < -0.39 is 0 Å². The van der Waals surface area contributed by atoms with Gasteiger partial charge in [0.1, 0.15) is 11.5 Å². The summed E-state index contributed by atoms with van der Waals surface area (Å²) in [7, 11) is 0. The molecule has 1 atom stereocenters. The summed E-state index contributed by atoms with van der Waals surface area (Å²) in [6, 6.07) is 19.4. The fraction of sp³-hybridized carbons (Fsp3) is 0.400. The second-order valence-corrected chi connectivity index (χ2v) is 6.63. The van der Waals surface area contributed by atoms with Crippen LogP contribution in [0.1, 0.15) is 24.3 Å². The summed E-state index contributed by atoms with van der Waals surface area (Å²) in [5, 5.41) is 3.39. The lowest BCUT2D eigenvalue weighted by Crippen LogP contribution is -2.59. The summed E-state index contributed by atoms with van der Waals surface area (Å²) < 4.78 is 5.89. The minimum Gasteiger partial charge on any atom is -0.457 e. The minimum absolute atomic E-state index is 0.662. The van der Waals surface area contributed by atoms with Crippen molar-refractivity contribution < 1.29 is 4.74 Å². The predicted octanol–water partition coefficient (Wildman–Crippen LogP) is 3.63. The first kappa shape index (κ1) is 14.7. The van der Waals surface area contributed by atoms with E-state index in [1.807, 2.05) is 30.3 Å². The van der Waals surface area contributed by atoms with Crippen molar-refractivity contribution in [2.24, 2.45) is 0 Å². The molecule has 0 unspecified atom stereocenters. The number of para-hydroxylation sites is 1. The van der Waals surface area contributed by atoms with Crippen LogP contribution in [0.2, 0.25) is 0 Å². The lowest BCUT2D eigenvalue weighted by molar-refractivity contribution is 0.110. The zero-order valence-corrected chi connectivity index (χ0v) is 13.4. The fourth-order valence-electron chi connectivity index (χ4n) is 3.57. The largest absolute Gasteiger partial charge is 0.457 e. The van der Waals surface area contributed by atoms with Gasteiger partial charge in [-0.25, -0.2) is 0 Å². The van der Waals surface area contributed by atoms with Crippen LogP contribution in [0.25, 0.3) is 0 Å². The molecule has 23 heavy (non-hydrogen) atoms. The van der Waals surface area contributed by atoms with Crippen LogP contribution in [-0.2, 0) is 0 Å². The van der Waals surface area contributed by atoms with Gasteiger partial charge in [0.05, 0.1) is 0 Å². The molecule has 4 rings (SSSR count). The van der Waals surface area contributed by atoms with Crippen molar-refractivity contribution in [3.63, 3.8) is 0 Å². The average Bonchev–Trinajstić information content (AvgIpc) is 2.55. The van der Waals surface area contributed by atoms with Gasteiger partial charge in [-0.1, -0.05) is 30.3 Å². The Kier molecular flexibility index (Phi) is 4.31. The molecule has 2 aliphatic rings. The van der Waals surface area contributed by atoms with Crippen LogP contribution in [0.15, 0.2) is 54.6 Å². The van der Waals surface area contributed by atoms with Crippen LogP contribution in [0.5, 0.6) is 11.5 Å². The molecule has 2 fully saturated rings. The van der Waals surface area contributed by atoms with Crippen LogP contribution in [-0.4, -0.2) is 37.1 Å². The monoisotopic (exact) mass is 308 g/mol. The van der Waals surface area contributed by atoms with Gasteiger partial charge in [0.15, 0.2) is 0 Å². The van der Waals surface area contributed by atoms with E-state index in [2.05, 4.69) is 34.5 Å². The van der Waals surface area contributed by atoms with Gasteiger partial charge in [-0.05, 0) is 55.1 Å². The van der Waals surface area contributed by atoms with Crippen molar-refractivity contribution in [1.29, 1.82) is 0 Å². The van der Waals surface area contributed by atoms with Gasteiger partial charge in [-0.15, -0.1) is 0 Å². The van der Waals surface area contributed by atoms with Crippen molar-refractivity contribution in [3.05, 3.63) is 60.2 Å². The number of nitrogens with one attached hydrogen (secondary N) is 1. The predicted molar refractivity (Wildman–Crippen MR) is 93.2 cm³/mol. The number of rotatable bonds is 4. The second-order valence-electron chi connectivity index (χ2n) is 6.63. The highest BCUT2D eigenvalue weighted by Gasteiger charge is 2.29. The normalized spacial score (nSPS) is 22.5. The molecule has 2 heterocycles. The molecule has 0 saturated carbocycles. The van der Waals surface area contributed by atoms with Gasteiger partial charge in [0.2, 0.25) is 0 Å². The maximum atomic E-state index is 5.89. The first-order valence-electron chi connectivity index (χ1n) is 8.66. The molecule has 0 radical (unpaired) electrons. The Morgan fingerprint density at radius 3 is 2.35 bits per heavy atom. The van der Waals surface area contributed by atoms with E-state index in [1.54, 1.807) is 0 Å². The van der Waals surface area contributed by atoms with E-state index in [4.69, 9.17) is 4.74 Å². The number of nitrogens with zero attached hydrogens (tertiary/aromatic N) is 1. The van der Waals surface area contributed by atoms with Crippen molar-refractivity contribution in [3.8, 4) is 11.5 Å². The molecular formula is C20H24N2O. The minimum atomic E-state index is 0.662. The van der Waals surface area contributed by atoms with Crippen molar-refractivity contribution in [1.82, 2.24) is 10.2 Å². The summed E-state index contributed by atoms with van der Waals surface area (Å²) >= 11 is 0. The third kappa shape index (κ3) is 3.41. The highest BCUT2D eigenvalue weighted by atomic mass is 16.5. The van der Waals surface area contributed by atoms with E-state index in [1.165, 1.54) is 31.5 Å². The molecule has 120 valence electrons. The van der Waals surface area contributed by atoms with Crippen LogP contribution in [0.3, 0.4) is 0 Å². The Balaban J connectivity index is 1.41. The molecule has 0 spiro atoms. The quantitative estimate of drug-likeness (QED) is 0.933. The number of ether oxygens (including phenoxy) is 1. The number of piperidine rings is 1. The highest BCUT2D eigenvalue weighted by Crippen LogP contribution is 2.30. The number of benzene rings is 2. The molecule has 2 saturated heterocycles. The molecule has 2 aromatic rings. The Hall–Kier alpha value is -1.84. The molecule has 0 bridgehead atoms. The van der Waals surface area contributed by atoms with Crippen LogP contribution < -0.4 is 10.1 Å². The third-order valence-electron chi connectivity index (χ3n) is 5.06. The maximum absolute atomic E-state index is 5.89. The molecule has 2 aromatic carbocycles. The molecule has 2 aliphatic heterocycles. The molecule has 0 amide bonds. The Labute approximate surface area is 138 Å². The summed E-state index contributed by atoms with van der Waals surface area (Å²) in [5.41, 5.74) is 1.45. The van der Waals surface area contributed by atoms with Gasteiger partial charge < -0.3 is 10.1 Å². The average molecular weight is 308 g/mol. The van der Waals surface area contributed by atoms with Crippen LogP contribution in [0, 0.1) is 0 Å². The van der Waals surface area contributed by atoms with E-state index in [-0.39, 0.29) is 0 Å². The highest BCUT2D eigenvalue weighted by molar-refractivity contribution is 5.34. The van der Waals surface area contributed by atoms with Gasteiger partial charge in [0, 0.05) is 25.7 Å². The van der Waals surface area contributed by atoms with E-state index in [0.29, 0.717) is 5.92 Å². The van der Waals surface area contributed by atoms with Gasteiger partial charge in [-0.3, -0.25) is 4.90 Å². The fourth-order valence-corrected chi connectivity index (χ4v) is 3.57. The van der Waals surface area contributed by atoms with Gasteiger partial charge >= 0.3 is 0 Å². The molecule has 1 N–H and O–H groups in total. The zero-order valence-electron chi connectivity index (χ0n) is 13.4. The zero-order chi connectivity index (χ0) is 15.5. The number of likely N-dealkylation sites (tertiary alicyclic amines) is 1. The molecule has 0 aromatic heterocycles. The number of hydrogen-bond acceptors (Lipinski definition) is 3. The number of hydrogen-bond donors (Lipinski definition) is 1. The Morgan fingerprint density at radius 2 is 1.65 bits per heavy atom. The molecule has 0 aliphatic carbocycles. The molecule has 3 nitrogen and oxygen atoms in total. The SMILES string of the molecule is c1ccc(Oc2ccc([C@H]3CCCN(C4CNC4)C3)cc2)cc1. The van der Waals surface area contributed by atoms with Crippen molar-refractivity contribution >= 4 is 0 Å².